The van der Waals surface area contributed by atoms with E-state index in [1.807, 2.05) is 52.0 Å². The van der Waals surface area contributed by atoms with E-state index in [2.05, 4.69) is 15.3 Å². The van der Waals surface area contributed by atoms with Gasteiger partial charge in [-0.15, -0.1) is 0 Å². The standard InChI is InChI=1S/C19H21N7O/c1-10(2)26-18(25-14-7-5-6-11(3)15(14)19(26)27)12(4)24-17-13(8-20)16(21)22-9-23-17/h5-7,9-10,12H,1-4H3,(H3,21,22,23,24). The quantitative estimate of drug-likeness (QED) is 0.730. The average Bonchev–Trinajstić information content (AvgIpc) is 2.61. The van der Waals surface area contributed by atoms with Crippen molar-refractivity contribution in [1.29, 1.82) is 5.26 Å². The molecule has 1 aromatic carbocycles. The number of nitrogens with two attached hydrogens (primary N) is 1. The van der Waals surface area contributed by atoms with Crippen molar-refractivity contribution < 1.29 is 0 Å². The second-order valence-electron chi connectivity index (χ2n) is 6.67. The molecule has 8 heteroatoms. The zero-order chi connectivity index (χ0) is 19.7. The normalized spacial score (nSPS) is 12.1. The van der Waals surface area contributed by atoms with E-state index in [0.717, 1.165) is 5.56 Å². The predicted octanol–water partition coefficient (Wildman–Crippen LogP) is 2.70. The molecule has 3 aromatic rings. The summed E-state index contributed by atoms with van der Waals surface area (Å²) in [6.07, 6.45) is 1.29. The molecule has 27 heavy (non-hydrogen) atoms. The van der Waals surface area contributed by atoms with Crippen molar-refractivity contribution in [2.45, 2.75) is 39.8 Å². The third kappa shape index (κ3) is 3.19. The van der Waals surface area contributed by atoms with Crippen LogP contribution in [0.4, 0.5) is 11.6 Å². The monoisotopic (exact) mass is 363 g/mol. The first-order chi connectivity index (χ1) is 12.8. The van der Waals surface area contributed by atoms with Crippen molar-refractivity contribution in [3.05, 3.63) is 51.8 Å². The van der Waals surface area contributed by atoms with Crippen molar-refractivity contribution in [1.82, 2.24) is 19.5 Å². The first-order valence-electron chi connectivity index (χ1n) is 8.64. The van der Waals surface area contributed by atoms with Gasteiger partial charge in [-0.3, -0.25) is 9.36 Å². The van der Waals surface area contributed by atoms with Gasteiger partial charge in [0.2, 0.25) is 0 Å². The molecule has 0 aliphatic rings. The Kier molecular flexibility index (Phi) is 4.77. The fourth-order valence-electron chi connectivity index (χ4n) is 3.12. The lowest BCUT2D eigenvalue weighted by atomic mass is 10.1. The lowest BCUT2D eigenvalue weighted by Gasteiger charge is -2.22. The van der Waals surface area contributed by atoms with E-state index in [0.29, 0.717) is 22.5 Å². The van der Waals surface area contributed by atoms with Gasteiger partial charge in [0.15, 0.2) is 0 Å². The number of nitrogens with one attached hydrogen (secondary N) is 1. The molecular formula is C19H21N7O. The lowest BCUT2D eigenvalue weighted by Crippen LogP contribution is -2.30. The van der Waals surface area contributed by atoms with E-state index < -0.39 is 0 Å². The van der Waals surface area contributed by atoms with Gasteiger partial charge in [0.1, 0.15) is 35.4 Å². The molecule has 0 bridgehead atoms. The van der Waals surface area contributed by atoms with Gasteiger partial charge in [-0.25, -0.2) is 15.0 Å². The van der Waals surface area contributed by atoms with Gasteiger partial charge in [-0.1, -0.05) is 12.1 Å². The van der Waals surface area contributed by atoms with Gasteiger partial charge in [-0.05, 0) is 39.3 Å². The van der Waals surface area contributed by atoms with Crippen LogP contribution in [-0.4, -0.2) is 19.5 Å². The summed E-state index contributed by atoms with van der Waals surface area (Å²) in [4.78, 5) is 25.8. The molecule has 3 rings (SSSR count). The summed E-state index contributed by atoms with van der Waals surface area (Å²) >= 11 is 0. The lowest BCUT2D eigenvalue weighted by molar-refractivity contribution is 0.525. The molecule has 0 amide bonds. The third-order valence-electron chi connectivity index (χ3n) is 4.41. The molecule has 0 saturated carbocycles. The van der Waals surface area contributed by atoms with Crippen molar-refractivity contribution in [3.8, 4) is 6.07 Å². The highest BCUT2D eigenvalue weighted by Crippen LogP contribution is 2.24. The van der Waals surface area contributed by atoms with Crippen LogP contribution in [0.2, 0.25) is 0 Å². The molecule has 0 radical (unpaired) electrons. The number of hydrogen-bond acceptors (Lipinski definition) is 7. The Morgan fingerprint density at radius 1 is 1.26 bits per heavy atom. The maximum atomic E-state index is 13.1. The topological polar surface area (TPSA) is 123 Å². The zero-order valence-corrected chi connectivity index (χ0v) is 15.7. The summed E-state index contributed by atoms with van der Waals surface area (Å²) in [6.45, 7) is 7.64. The van der Waals surface area contributed by atoms with E-state index >= 15 is 0 Å². The molecule has 0 aliphatic carbocycles. The van der Waals surface area contributed by atoms with Crippen LogP contribution in [0.5, 0.6) is 0 Å². The molecule has 2 heterocycles. The van der Waals surface area contributed by atoms with Crippen LogP contribution in [0.3, 0.4) is 0 Å². The Balaban J connectivity index is 2.17. The summed E-state index contributed by atoms with van der Waals surface area (Å²) < 4.78 is 1.67. The fourth-order valence-corrected chi connectivity index (χ4v) is 3.12. The zero-order valence-electron chi connectivity index (χ0n) is 15.7. The highest BCUT2D eigenvalue weighted by molar-refractivity contribution is 5.81. The molecule has 3 N–H and O–H groups in total. The Morgan fingerprint density at radius 3 is 2.67 bits per heavy atom. The first kappa shape index (κ1) is 18.3. The molecule has 0 saturated heterocycles. The number of fused-ring (bicyclic) bond motifs is 1. The maximum absolute atomic E-state index is 13.1. The number of nitrogen functional groups attached to an aromatic ring is 1. The SMILES string of the molecule is Cc1cccc2nc(C(C)Nc3ncnc(N)c3C#N)n(C(C)C)c(=O)c12. The van der Waals surface area contributed by atoms with Crippen LogP contribution in [0.1, 0.15) is 49.8 Å². The minimum absolute atomic E-state index is 0.0838. The number of anilines is 2. The van der Waals surface area contributed by atoms with E-state index in [-0.39, 0.29) is 29.0 Å². The van der Waals surface area contributed by atoms with Crippen molar-refractivity contribution in [2.24, 2.45) is 0 Å². The van der Waals surface area contributed by atoms with Gasteiger partial charge >= 0.3 is 0 Å². The van der Waals surface area contributed by atoms with Crippen LogP contribution < -0.4 is 16.6 Å². The molecule has 1 atom stereocenters. The van der Waals surface area contributed by atoms with Gasteiger partial charge in [0, 0.05) is 6.04 Å². The minimum Gasteiger partial charge on any atom is -0.382 e. The van der Waals surface area contributed by atoms with Crippen LogP contribution in [0.25, 0.3) is 10.9 Å². The molecule has 1 unspecified atom stereocenters. The summed E-state index contributed by atoms with van der Waals surface area (Å²) in [6, 6.07) is 7.15. The molecule has 0 spiro atoms. The largest absolute Gasteiger partial charge is 0.382 e. The smallest absolute Gasteiger partial charge is 0.261 e. The summed E-state index contributed by atoms with van der Waals surface area (Å²) in [5, 5.41) is 13.1. The number of aryl methyl sites for hydroxylation is 1. The Labute approximate surface area is 156 Å². The highest BCUT2D eigenvalue weighted by atomic mass is 16.1. The second-order valence-corrected chi connectivity index (χ2v) is 6.67. The summed E-state index contributed by atoms with van der Waals surface area (Å²) in [7, 11) is 0. The van der Waals surface area contributed by atoms with Crippen LogP contribution >= 0.6 is 0 Å². The minimum atomic E-state index is -0.383. The van der Waals surface area contributed by atoms with E-state index in [1.54, 1.807) is 4.57 Å². The van der Waals surface area contributed by atoms with Gasteiger partial charge in [0.25, 0.3) is 5.56 Å². The predicted molar refractivity (Wildman–Crippen MR) is 104 cm³/mol. The number of hydrogen-bond donors (Lipinski definition) is 2. The molecular weight excluding hydrogens is 342 g/mol. The molecule has 0 fully saturated rings. The second kappa shape index (κ2) is 7.03. The van der Waals surface area contributed by atoms with Crippen molar-refractivity contribution >= 4 is 22.5 Å². The number of rotatable bonds is 4. The molecule has 138 valence electrons. The first-order valence-corrected chi connectivity index (χ1v) is 8.64. The fraction of sp³-hybridized carbons (Fsp3) is 0.316. The van der Waals surface area contributed by atoms with E-state index in [9.17, 15) is 10.1 Å². The van der Waals surface area contributed by atoms with Gasteiger partial charge < -0.3 is 11.1 Å². The number of nitriles is 1. The van der Waals surface area contributed by atoms with Crippen LogP contribution in [-0.2, 0) is 0 Å². The van der Waals surface area contributed by atoms with Crippen molar-refractivity contribution in [3.63, 3.8) is 0 Å². The highest BCUT2D eigenvalue weighted by Gasteiger charge is 2.21. The van der Waals surface area contributed by atoms with Crippen molar-refractivity contribution in [2.75, 3.05) is 11.1 Å². The summed E-state index contributed by atoms with van der Waals surface area (Å²) in [5.41, 5.74) is 7.37. The summed E-state index contributed by atoms with van der Waals surface area (Å²) in [5.74, 6) is 0.978. The van der Waals surface area contributed by atoms with Crippen LogP contribution in [0, 0.1) is 18.3 Å². The Hall–Kier alpha value is -3.47. The molecule has 8 nitrogen and oxygen atoms in total. The average molecular weight is 363 g/mol. The molecule has 0 aliphatic heterocycles. The van der Waals surface area contributed by atoms with E-state index in [4.69, 9.17) is 10.7 Å². The molecule has 2 aromatic heterocycles. The van der Waals surface area contributed by atoms with Gasteiger partial charge in [0.05, 0.1) is 16.9 Å². The van der Waals surface area contributed by atoms with E-state index in [1.165, 1.54) is 6.33 Å². The van der Waals surface area contributed by atoms with Crippen LogP contribution in [0.15, 0.2) is 29.3 Å². The maximum Gasteiger partial charge on any atom is 0.261 e. The number of benzene rings is 1. The third-order valence-corrected chi connectivity index (χ3v) is 4.41. The van der Waals surface area contributed by atoms with Gasteiger partial charge in [-0.2, -0.15) is 5.26 Å². The number of aromatic nitrogens is 4. The Bertz CT molecular complexity index is 1110. The number of nitrogens with zero attached hydrogens (tertiary/aromatic N) is 5. The Morgan fingerprint density at radius 2 is 2.00 bits per heavy atom.